The van der Waals surface area contributed by atoms with Gasteiger partial charge in [0.2, 0.25) is 0 Å². The van der Waals surface area contributed by atoms with Gasteiger partial charge in [-0.1, -0.05) is 32.4 Å². The van der Waals surface area contributed by atoms with Crippen molar-refractivity contribution in [3.05, 3.63) is 64.7 Å². The molecule has 1 unspecified atom stereocenters. The van der Waals surface area contributed by atoms with E-state index >= 15 is 0 Å². The lowest BCUT2D eigenvalue weighted by Crippen LogP contribution is -2.27. The maximum Gasteiger partial charge on any atom is 0.405 e. The fourth-order valence-electron chi connectivity index (χ4n) is 2.47. The van der Waals surface area contributed by atoms with E-state index in [1.54, 1.807) is 76.2 Å². The van der Waals surface area contributed by atoms with Crippen molar-refractivity contribution >= 4 is 35.9 Å². The monoisotopic (exact) mass is 595 g/mol. The molecule has 1 atom stereocenters. The van der Waals surface area contributed by atoms with Gasteiger partial charge in [-0.3, -0.25) is 9.59 Å². The van der Waals surface area contributed by atoms with Gasteiger partial charge in [0.05, 0.1) is 6.61 Å². The molecule has 41 heavy (non-hydrogen) atoms. The number of primary amides is 1. The summed E-state index contributed by atoms with van der Waals surface area (Å²) < 4.78 is 19.7. The molecule has 2 rings (SSSR count). The molecule has 2 aromatic rings. The van der Waals surface area contributed by atoms with Crippen molar-refractivity contribution < 1.29 is 38.1 Å². The quantitative estimate of drug-likeness (QED) is 0.147. The summed E-state index contributed by atoms with van der Waals surface area (Å²) in [7, 11) is 0. The first-order chi connectivity index (χ1) is 19.0. The maximum atomic E-state index is 12.4. The predicted octanol–water partition coefficient (Wildman–Crippen LogP) is 7.16. The Bertz CT molecular complexity index is 1040. The maximum absolute atomic E-state index is 12.4. The smallest absolute Gasteiger partial charge is 0.405 e. The van der Waals surface area contributed by atoms with Gasteiger partial charge in [0, 0.05) is 16.1 Å². The number of rotatable bonds is 8. The molecule has 0 spiro atoms. The van der Waals surface area contributed by atoms with Gasteiger partial charge in [-0.2, -0.15) is 0 Å². The zero-order chi connectivity index (χ0) is 32.2. The number of amides is 1. The van der Waals surface area contributed by atoms with Crippen LogP contribution in [-0.2, 0) is 23.8 Å². The minimum atomic E-state index is -0.725. The van der Waals surface area contributed by atoms with E-state index in [9.17, 15) is 19.2 Å². The van der Waals surface area contributed by atoms with Crippen LogP contribution in [0.25, 0.3) is 0 Å². The highest BCUT2D eigenvalue weighted by Gasteiger charge is 2.16. The first-order valence-corrected chi connectivity index (χ1v) is 13.7. The highest BCUT2D eigenvalue weighted by atomic mass is 35.5. The number of ketones is 1. The molecule has 10 heteroatoms. The lowest BCUT2D eigenvalue weighted by atomic mass is 10.0. The Morgan fingerprint density at radius 2 is 1.34 bits per heavy atom. The minimum Gasteiger partial charge on any atom is -0.479 e. The van der Waals surface area contributed by atoms with E-state index in [0.717, 1.165) is 6.42 Å². The molecule has 0 bridgehead atoms. The van der Waals surface area contributed by atoms with E-state index in [4.69, 9.17) is 26.8 Å². The molecule has 0 aliphatic heterocycles. The second-order valence-corrected chi connectivity index (χ2v) is 10.6. The minimum absolute atomic E-state index is 0.103. The zero-order valence-corrected chi connectivity index (χ0v) is 26.7. The number of esters is 1. The molecule has 0 fully saturated rings. The number of nitrogens with two attached hydrogens (primary N) is 1. The van der Waals surface area contributed by atoms with Crippen LogP contribution < -0.4 is 10.5 Å². The summed E-state index contributed by atoms with van der Waals surface area (Å²) in [6.07, 6.45) is -0.660. The summed E-state index contributed by atoms with van der Waals surface area (Å²) in [4.78, 5) is 43.7. The molecular weight excluding hydrogens is 550 g/mol. The van der Waals surface area contributed by atoms with Crippen molar-refractivity contribution in [2.24, 2.45) is 5.73 Å². The average Bonchev–Trinajstić information content (AvgIpc) is 2.87. The highest BCUT2D eigenvalue weighted by molar-refractivity contribution is 6.30. The summed E-state index contributed by atoms with van der Waals surface area (Å²) in [5.74, 6) is -0.00427. The Kier molecular flexibility index (Phi) is 19.6. The fraction of sp³-hybridized carbons (Fsp3) is 0.484. The molecule has 0 aliphatic rings. The van der Waals surface area contributed by atoms with Gasteiger partial charge >= 0.3 is 12.1 Å². The first-order valence-electron chi connectivity index (χ1n) is 13.3. The predicted molar refractivity (Wildman–Crippen MR) is 161 cm³/mol. The van der Waals surface area contributed by atoms with Crippen molar-refractivity contribution in [3.63, 3.8) is 0 Å². The number of carbonyl (C=O) groups excluding carboxylic acids is 4. The third kappa shape index (κ3) is 20.9. The van der Waals surface area contributed by atoms with Crippen LogP contribution in [0.5, 0.6) is 5.75 Å². The lowest BCUT2D eigenvalue weighted by Gasteiger charge is -2.16. The van der Waals surface area contributed by atoms with E-state index in [1.165, 1.54) is 0 Å². The molecule has 0 heterocycles. The van der Waals surface area contributed by atoms with Gasteiger partial charge < -0.3 is 24.7 Å². The molecule has 0 saturated carbocycles. The van der Waals surface area contributed by atoms with Gasteiger partial charge in [-0.25, -0.2) is 9.59 Å². The molecule has 2 aromatic carbocycles. The molecule has 0 radical (unpaired) electrons. The van der Waals surface area contributed by atoms with Crippen molar-refractivity contribution in [2.75, 3.05) is 6.61 Å². The van der Waals surface area contributed by atoms with Crippen LogP contribution in [0.15, 0.2) is 48.5 Å². The Morgan fingerprint density at radius 1 is 0.878 bits per heavy atom. The molecule has 0 aromatic heterocycles. The van der Waals surface area contributed by atoms with E-state index < -0.39 is 23.8 Å². The molecule has 230 valence electrons. The van der Waals surface area contributed by atoms with Crippen LogP contribution in [0, 0.1) is 0 Å². The molecule has 0 aliphatic carbocycles. The number of benzene rings is 2. The standard InChI is InChI=1S/C19H19ClO4.C5H11NO2.C5H10O2.C2H6/c1-3-12-23-19(22)13(2)24-17-10-6-15(7-11-17)18(21)14-4-8-16(20)9-5-14;1-5(2,3)8-4(6)7;1-5(2,3)7-4-6;1-2/h4-11,13H,3,12H2,1-2H3;1-3H3,(H2,6,7);4H,1-3H3;1-2H3. The summed E-state index contributed by atoms with van der Waals surface area (Å²) in [5, 5.41) is 0.583. The van der Waals surface area contributed by atoms with Crippen LogP contribution >= 0.6 is 11.6 Å². The van der Waals surface area contributed by atoms with Gasteiger partial charge in [-0.15, -0.1) is 0 Å². The molecule has 2 N–H and O–H groups in total. The van der Waals surface area contributed by atoms with Gasteiger partial charge in [-0.05, 0) is 103 Å². The van der Waals surface area contributed by atoms with Crippen LogP contribution in [0.2, 0.25) is 5.02 Å². The number of ether oxygens (including phenoxy) is 4. The van der Waals surface area contributed by atoms with Crippen LogP contribution in [-0.4, -0.2) is 48.2 Å². The summed E-state index contributed by atoms with van der Waals surface area (Å²) >= 11 is 5.82. The van der Waals surface area contributed by atoms with Crippen molar-refractivity contribution in [1.82, 2.24) is 0 Å². The number of halogens is 1. The van der Waals surface area contributed by atoms with Crippen LogP contribution in [0.3, 0.4) is 0 Å². The van der Waals surface area contributed by atoms with Crippen LogP contribution in [0.4, 0.5) is 4.79 Å². The van der Waals surface area contributed by atoms with Crippen molar-refractivity contribution in [2.45, 2.75) is 93.0 Å². The lowest BCUT2D eigenvalue weighted by molar-refractivity contribution is -0.151. The van der Waals surface area contributed by atoms with Gasteiger partial charge in [0.1, 0.15) is 17.0 Å². The Labute approximate surface area is 249 Å². The summed E-state index contributed by atoms with van der Waals surface area (Å²) in [6, 6.07) is 13.4. The number of hydrogen-bond acceptors (Lipinski definition) is 8. The normalized spacial score (nSPS) is 10.9. The average molecular weight is 596 g/mol. The second kappa shape index (κ2) is 20.3. The summed E-state index contributed by atoms with van der Waals surface area (Å²) in [5.41, 5.74) is 5.04. The largest absolute Gasteiger partial charge is 0.479 e. The first kappa shape index (κ1) is 39.6. The SMILES string of the molecule is CC.CC(C)(C)OC(N)=O.CC(C)(C)OC=O.CCCOC(=O)C(C)Oc1ccc(C(=O)c2ccc(Cl)cc2)cc1. The third-order valence-electron chi connectivity index (χ3n) is 4.12. The summed E-state index contributed by atoms with van der Waals surface area (Å²) in [6.45, 7) is 19.1. The number of carbonyl (C=O) groups is 4. The third-order valence-corrected chi connectivity index (χ3v) is 4.38. The van der Waals surface area contributed by atoms with E-state index in [2.05, 4.69) is 9.47 Å². The Balaban J connectivity index is 0. The van der Waals surface area contributed by atoms with Crippen molar-refractivity contribution in [3.8, 4) is 5.75 Å². The molecule has 0 saturated heterocycles. The Morgan fingerprint density at radius 3 is 1.66 bits per heavy atom. The number of hydrogen-bond donors (Lipinski definition) is 1. The topological polar surface area (TPSA) is 131 Å². The van der Waals surface area contributed by atoms with Crippen molar-refractivity contribution in [1.29, 1.82) is 0 Å². The molecular formula is C31H46ClNO8. The second-order valence-electron chi connectivity index (χ2n) is 10.1. The van der Waals surface area contributed by atoms with E-state index in [1.807, 2.05) is 41.5 Å². The highest BCUT2D eigenvalue weighted by Crippen LogP contribution is 2.18. The van der Waals surface area contributed by atoms with Crippen LogP contribution in [0.1, 0.15) is 91.6 Å². The molecule has 9 nitrogen and oxygen atoms in total. The molecule has 1 amide bonds. The van der Waals surface area contributed by atoms with Gasteiger partial charge in [0.15, 0.2) is 11.9 Å². The van der Waals surface area contributed by atoms with Gasteiger partial charge in [0.25, 0.3) is 6.47 Å². The Hall–Kier alpha value is -3.59. The van der Waals surface area contributed by atoms with E-state index in [-0.39, 0.29) is 11.4 Å². The zero-order valence-electron chi connectivity index (χ0n) is 25.9. The van der Waals surface area contributed by atoms with E-state index in [0.29, 0.717) is 35.0 Å². The fourth-order valence-corrected chi connectivity index (χ4v) is 2.60.